The van der Waals surface area contributed by atoms with Gasteiger partial charge in [0.2, 0.25) is 0 Å². The molecule has 2 aromatic heterocycles. The number of hydrogen-bond acceptors (Lipinski definition) is 5. The van der Waals surface area contributed by atoms with E-state index in [4.69, 9.17) is 5.11 Å². The molecule has 0 amide bonds. The molecule has 0 aliphatic rings. The third-order valence-electron chi connectivity index (χ3n) is 4.16. The van der Waals surface area contributed by atoms with Gasteiger partial charge in [-0.05, 0) is 39.0 Å². The molecule has 0 saturated heterocycles. The van der Waals surface area contributed by atoms with Crippen molar-refractivity contribution in [2.75, 3.05) is 11.3 Å². The topological polar surface area (TPSA) is 102 Å². The molecule has 1 aromatic carbocycles. The molecule has 25 heavy (non-hydrogen) atoms. The highest BCUT2D eigenvalue weighted by Gasteiger charge is 2.21. The second kappa shape index (κ2) is 6.49. The summed E-state index contributed by atoms with van der Waals surface area (Å²) < 4.78 is 31.4. The molecule has 0 radical (unpaired) electrons. The number of anilines is 1. The molecule has 0 aliphatic heterocycles. The minimum absolute atomic E-state index is 0.0153. The number of benzene rings is 1. The van der Waals surface area contributed by atoms with Crippen LogP contribution in [0.2, 0.25) is 0 Å². The third-order valence-corrected chi connectivity index (χ3v) is 5.65. The summed E-state index contributed by atoms with van der Waals surface area (Å²) in [6.45, 7) is 6.55. The Morgan fingerprint density at radius 2 is 2.04 bits per heavy atom. The summed E-state index contributed by atoms with van der Waals surface area (Å²) >= 11 is 0. The molecule has 2 heterocycles. The standard InChI is InChI=1S/C16H21N5O3S/c1-4-21-11(2)16(10-17-21)25(23,24)19-13-5-6-15-14(9-13)18-12(3)20(15)7-8-22/h5-6,9-10,19,22H,4,7-8H2,1-3H3. The molecule has 0 spiro atoms. The maximum atomic E-state index is 12.6. The number of aromatic nitrogens is 4. The van der Waals surface area contributed by atoms with Crippen molar-refractivity contribution in [2.24, 2.45) is 0 Å². The Morgan fingerprint density at radius 3 is 2.68 bits per heavy atom. The maximum Gasteiger partial charge on any atom is 0.265 e. The molecule has 134 valence electrons. The Labute approximate surface area is 146 Å². The average molecular weight is 363 g/mol. The van der Waals surface area contributed by atoms with Crippen molar-refractivity contribution in [2.45, 2.75) is 38.8 Å². The van der Waals surface area contributed by atoms with Gasteiger partial charge in [0.25, 0.3) is 10.0 Å². The molecule has 0 aliphatic carbocycles. The van der Waals surface area contributed by atoms with E-state index in [1.807, 2.05) is 18.4 Å². The predicted molar refractivity (Wildman–Crippen MR) is 95.0 cm³/mol. The first-order valence-corrected chi connectivity index (χ1v) is 9.48. The Bertz CT molecular complexity index is 1020. The van der Waals surface area contributed by atoms with Crippen LogP contribution in [-0.2, 0) is 23.1 Å². The molecular weight excluding hydrogens is 342 g/mol. The number of fused-ring (bicyclic) bond motifs is 1. The van der Waals surface area contributed by atoms with Gasteiger partial charge in [-0.25, -0.2) is 13.4 Å². The second-order valence-corrected chi connectivity index (χ2v) is 7.40. The van der Waals surface area contributed by atoms with E-state index < -0.39 is 10.0 Å². The van der Waals surface area contributed by atoms with Gasteiger partial charge in [-0.3, -0.25) is 9.40 Å². The number of nitrogens with one attached hydrogen (secondary N) is 1. The fraction of sp³-hybridized carbons (Fsp3) is 0.375. The lowest BCUT2D eigenvalue weighted by Gasteiger charge is -2.08. The largest absolute Gasteiger partial charge is 0.395 e. The van der Waals surface area contributed by atoms with E-state index in [9.17, 15) is 8.42 Å². The molecule has 8 nitrogen and oxygen atoms in total. The second-order valence-electron chi connectivity index (χ2n) is 5.75. The number of aryl methyl sites for hydroxylation is 2. The van der Waals surface area contributed by atoms with Crippen molar-refractivity contribution < 1.29 is 13.5 Å². The Balaban J connectivity index is 1.95. The minimum atomic E-state index is -3.72. The van der Waals surface area contributed by atoms with Crippen molar-refractivity contribution in [3.8, 4) is 0 Å². The van der Waals surface area contributed by atoms with Crippen molar-refractivity contribution >= 4 is 26.7 Å². The Hall–Kier alpha value is -2.39. The van der Waals surface area contributed by atoms with Crippen LogP contribution in [0.5, 0.6) is 0 Å². The van der Waals surface area contributed by atoms with Gasteiger partial charge in [-0.1, -0.05) is 0 Å². The van der Waals surface area contributed by atoms with Crippen LogP contribution in [0.15, 0.2) is 29.3 Å². The summed E-state index contributed by atoms with van der Waals surface area (Å²) in [6.07, 6.45) is 1.36. The van der Waals surface area contributed by atoms with Crippen LogP contribution in [0.3, 0.4) is 0 Å². The lowest BCUT2D eigenvalue weighted by atomic mass is 10.3. The average Bonchev–Trinajstić information content (AvgIpc) is 3.08. The van der Waals surface area contributed by atoms with E-state index >= 15 is 0 Å². The molecule has 3 rings (SSSR count). The van der Waals surface area contributed by atoms with E-state index in [0.717, 1.165) is 11.3 Å². The van der Waals surface area contributed by atoms with Gasteiger partial charge in [-0.15, -0.1) is 0 Å². The van der Waals surface area contributed by atoms with Crippen LogP contribution in [-0.4, -0.2) is 39.5 Å². The normalized spacial score (nSPS) is 12.0. The molecule has 9 heteroatoms. The Morgan fingerprint density at radius 1 is 1.28 bits per heavy atom. The highest BCUT2D eigenvalue weighted by Crippen LogP contribution is 2.23. The van der Waals surface area contributed by atoms with Gasteiger partial charge >= 0.3 is 0 Å². The van der Waals surface area contributed by atoms with Crippen molar-refractivity contribution in [1.29, 1.82) is 0 Å². The number of aliphatic hydroxyl groups is 1. The summed E-state index contributed by atoms with van der Waals surface area (Å²) in [5.41, 5.74) is 2.56. The summed E-state index contributed by atoms with van der Waals surface area (Å²) in [7, 11) is -3.72. The van der Waals surface area contributed by atoms with Gasteiger partial charge in [0.15, 0.2) is 0 Å². The lowest BCUT2D eigenvalue weighted by Crippen LogP contribution is -2.14. The number of sulfonamides is 1. The lowest BCUT2D eigenvalue weighted by molar-refractivity contribution is 0.276. The van der Waals surface area contributed by atoms with Gasteiger partial charge in [0.05, 0.1) is 35.2 Å². The Kier molecular flexibility index (Phi) is 4.53. The number of nitrogens with zero attached hydrogens (tertiary/aromatic N) is 4. The van der Waals surface area contributed by atoms with Gasteiger partial charge in [0, 0.05) is 13.1 Å². The van der Waals surface area contributed by atoms with Crippen molar-refractivity contribution in [1.82, 2.24) is 19.3 Å². The van der Waals surface area contributed by atoms with Gasteiger partial charge in [-0.2, -0.15) is 5.10 Å². The third kappa shape index (κ3) is 3.12. The zero-order valence-electron chi connectivity index (χ0n) is 14.4. The van der Waals surface area contributed by atoms with Crippen LogP contribution in [0, 0.1) is 13.8 Å². The minimum Gasteiger partial charge on any atom is -0.395 e. The first-order valence-electron chi connectivity index (χ1n) is 8.00. The highest BCUT2D eigenvalue weighted by atomic mass is 32.2. The zero-order valence-corrected chi connectivity index (χ0v) is 15.2. The summed E-state index contributed by atoms with van der Waals surface area (Å²) in [5.74, 6) is 0.768. The smallest absolute Gasteiger partial charge is 0.265 e. The van der Waals surface area contributed by atoms with E-state index in [0.29, 0.717) is 30.0 Å². The summed E-state index contributed by atoms with van der Waals surface area (Å²) in [5, 5.41) is 13.2. The number of rotatable bonds is 6. The fourth-order valence-corrected chi connectivity index (χ4v) is 4.15. The van der Waals surface area contributed by atoms with Crippen LogP contribution in [0.1, 0.15) is 18.4 Å². The van der Waals surface area contributed by atoms with E-state index in [1.54, 1.807) is 29.8 Å². The number of aliphatic hydroxyl groups excluding tert-OH is 1. The molecule has 0 saturated carbocycles. The van der Waals surface area contributed by atoms with Crippen molar-refractivity contribution in [3.05, 3.63) is 35.9 Å². The van der Waals surface area contributed by atoms with Crippen molar-refractivity contribution in [3.63, 3.8) is 0 Å². The first-order chi connectivity index (χ1) is 11.9. The first kappa shape index (κ1) is 17.4. The quantitative estimate of drug-likeness (QED) is 0.693. The predicted octanol–water partition coefficient (Wildman–Crippen LogP) is 1.66. The van der Waals surface area contributed by atoms with Crippen LogP contribution < -0.4 is 4.72 Å². The highest BCUT2D eigenvalue weighted by molar-refractivity contribution is 7.92. The van der Waals surface area contributed by atoms with Gasteiger partial charge < -0.3 is 9.67 Å². The number of imidazole rings is 1. The molecule has 0 unspecified atom stereocenters. The van der Waals surface area contributed by atoms with E-state index in [1.165, 1.54) is 6.20 Å². The molecule has 3 aromatic rings. The monoisotopic (exact) mass is 363 g/mol. The maximum absolute atomic E-state index is 12.6. The number of hydrogen-bond donors (Lipinski definition) is 2. The van der Waals surface area contributed by atoms with Gasteiger partial charge in [0.1, 0.15) is 10.7 Å². The molecule has 0 fully saturated rings. The zero-order chi connectivity index (χ0) is 18.2. The van der Waals surface area contributed by atoms with E-state index in [2.05, 4.69) is 14.8 Å². The summed E-state index contributed by atoms with van der Waals surface area (Å²) in [4.78, 5) is 4.59. The molecule has 0 atom stereocenters. The SMILES string of the molecule is CCn1ncc(S(=O)(=O)Nc2ccc3c(c2)nc(C)n3CCO)c1C. The fourth-order valence-electron chi connectivity index (χ4n) is 2.92. The van der Waals surface area contributed by atoms with E-state index in [-0.39, 0.29) is 11.5 Å². The van der Waals surface area contributed by atoms with Crippen LogP contribution in [0.25, 0.3) is 11.0 Å². The molecule has 0 bridgehead atoms. The summed E-state index contributed by atoms with van der Waals surface area (Å²) in [6, 6.07) is 5.17. The molecular formula is C16H21N5O3S. The molecule has 2 N–H and O–H groups in total. The van der Waals surface area contributed by atoms with Crippen LogP contribution in [0.4, 0.5) is 5.69 Å². The van der Waals surface area contributed by atoms with Crippen LogP contribution >= 0.6 is 0 Å².